The first-order chi connectivity index (χ1) is 7.34. The zero-order chi connectivity index (χ0) is 9.88. The van der Waals surface area contributed by atoms with E-state index in [0.717, 1.165) is 17.8 Å². The molecule has 4 aliphatic rings. The predicted molar refractivity (Wildman–Crippen MR) is 58.4 cm³/mol. The van der Waals surface area contributed by atoms with Crippen molar-refractivity contribution in [3.8, 4) is 0 Å². The Hall–Kier alpha value is -0.790. The smallest absolute Gasteiger partial charge is 0.112 e. The van der Waals surface area contributed by atoms with Crippen molar-refractivity contribution in [2.24, 2.45) is 17.8 Å². The van der Waals surface area contributed by atoms with Crippen LogP contribution in [-0.2, 0) is 5.41 Å². The molecule has 4 saturated carbocycles. The molecule has 5 rings (SSSR count). The van der Waals surface area contributed by atoms with Crippen molar-refractivity contribution in [3.05, 3.63) is 18.2 Å². The van der Waals surface area contributed by atoms with Crippen molar-refractivity contribution in [2.75, 3.05) is 0 Å². The lowest BCUT2D eigenvalue weighted by Crippen LogP contribution is -2.49. The van der Waals surface area contributed by atoms with Gasteiger partial charge in [0.05, 0.1) is 0 Å². The van der Waals surface area contributed by atoms with Gasteiger partial charge >= 0.3 is 0 Å². The fourth-order valence-electron chi connectivity index (χ4n) is 4.96. The van der Waals surface area contributed by atoms with Crippen molar-refractivity contribution >= 4 is 0 Å². The second-order valence-electron chi connectivity index (χ2n) is 6.14. The Morgan fingerprint density at radius 2 is 1.67 bits per heavy atom. The van der Waals surface area contributed by atoms with E-state index in [0.29, 0.717) is 5.41 Å². The van der Waals surface area contributed by atoms with Crippen LogP contribution in [0.25, 0.3) is 0 Å². The Kier molecular flexibility index (Phi) is 1.48. The van der Waals surface area contributed by atoms with E-state index < -0.39 is 0 Å². The molecule has 1 aromatic rings. The molecule has 4 bridgehead atoms. The van der Waals surface area contributed by atoms with Crippen LogP contribution in [0.15, 0.2) is 12.4 Å². The third kappa shape index (κ3) is 1.08. The molecule has 4 fully saturated rings. The highest BCUT2D eigenvalue weighted by Crippen LogP contribution is 2.59. The summed E-state index contributed by atoms with van der Waals surface area (Å²) in [5, 5.41) is 0. The summed E-state index contributed by atoms with van der Waals surface area (Å²) in [7, 11) is 0. The quantitative estimate of drug-likeness (QED) is 0.745. The molecule has 15 heavy (non-hydrogen) atoms. The lowest BCUT2D eigenvalue weighted by molar-refractivity contribution is -0.00901. The van der Waals surface area contributed by atoms with Crippen LogP contribution in [0.4, 0.5) is 0 Å². The van der Waals surface area contributed by atoms with Gasteiger partial charge in [-0.3, -0.25) is 0 Å². The molecule has 0 radical (unpaired) electrons. The largest absolute Gasteiger partial charge is 0.348 e. The average Bonchev–Trinajstić information content (AvgIpc) is 2.67. The van der Waals surface area contributed by atoms with Crippen LogP contribution >= 0.6 is 0 Å². The number of hydrogen-bond acceptors (Lipinski definition) is 1. The topological polar surface area (TPSA) is 28.7 Å². The first-order valence-electron chi connectivity index (χ1n) is 6.34. The summed E-state index contributed by atoms with van der Waals surface area (Å²) in [5.41, 5.74) is 0.457. The highest BCUT2D eigenvalue weighted by Gasteiger charge is 2.52. The summed E-state index contributed by atoms with van der Waals surface area (Å²) in [6, 6.07) is 0. The minimum Gasteiger partial charge on any atom is -0.348 e. The van der Waals surface area contributed by atoms with Gasteiger partial charge in [-0.25, -0.2) is 4.98 Å². The Morgan fingerprint density at radius 3 is 2.13 bits per heavy atom. The van der Waals surface area contributed by atoms with E-state index in [1.54, 1.807) is 0 Å². The average molecular weight is 202 g/mol. The highest BCUT2D eigenvalue weighted by atomic mass is 14.9. The number of nitrogens with zero attached hydrogens (tertiary/aromatic N) is 1. The zero-order valence-corrected chi connectivity index (χ0v) is 9.08. The molecule has 0 aromatic carbocycles. The van der Waals surface area contributed by atoms with Crippen LogP contribution in [-0.4, -0.2) is 9.97 Å². The molecular weight excluding hydrogens is 184 g/mol. The van der Waals surface area contributed by atoms with Crippen molar-refractivity contribution in [1.82, 2.24) is 9.97 Å². The summed E-state index contributed by atoms with van der Waals surface area (Å²) in [4.78, 5) is 7.93. The fourth-order valence-corrected chi connectivity index (χ4v) is 4.96. The van der Waals surface area contributed by atoms with Crippen LogP contribution in [0.2, 0.25) is 0 Å². The molecule has 1 aromatic heterocycles. The van der Waals surface area contributed by atoms with Gasteiger partial charge < -0.3 is 4.98 Å². The van der Waals surface area contributed by atoms with Crippen molar-refractivity contribution in [3.63, 3.8) is 0 Å². The molecule has 0 aliphatic heterocycles. The Bertz CT molecular complexity index is 331. The van der Waals surface area contributed by atoms with Gasteiger partial charge in [-0.15, -0.1) is 0 Å². The molecule has 1 N–H and O–H groups in total. The predicted octanol–water partition coefficient (Wildman–Crippen LogP) is 2.88. The third-order valence-corrected chi connectivity index (χ3v) is 5.04. The summed E-state index contributed by atoms with van der Waals surface area (Å²) in [5.74, 6) is 4.34. The Labute approximate surface area is 90.5 Å². The second kappa shape index (κ2) is 2.66. The van der Waals surface area contributed by atoms with E-state index in [4.69, 9.17) is 0 Å². The SMILES string of the molecule is c1c[nH]c(C23CC4CC(CC(C4)C2)C3)n1. The summed E-state index contributed by atoms with van der Waals surface area (Å²) >= 11 is 0. The van der Waals surface area contributed by atoms with E-state index >= 15 is 0 Å². The maximum Gasteiger partial charge on any atom is 0.112 e. The van der Waals surface area contributed by atoms with Gasteiger partial charge in [0.25, 0.3) is 0 Å². The zero-order valence-electron chi connectivity index (χ0n) is 9.08. The van der Waals surface area contributed by atoms with Crippen molar-refractivity contribution in [2.45, 2.75) is 43.9 Å². The fraction of sp³-hybridized carbons (Fsp3) is 0.769. The van der Waals surface area contributed by atoms with Crippen LogP contribution in [0.5, 0.6) is 0 Å². The number of aromatic nitrogens is 2. The lowest BCUT2D eigenvalue weighted by Gasteiger charge is -2.55. The summed E-state index contributed by atoms with van der Waals surface area (Å²) in [6.45, 7) is 0. The van der Waals surface area contributed by atoms with Gasteiger partial charge in [0.15, 0.2) is 0 Å². The van der Waals surface area contributed by atoms with Crippen LogP contribution in [0.3, 0.4) is 0 Å². The molecule has 2 nitrogen and oxygen atoms in total. The van der Waals surface area contributed by atoms with E-state index in [2.05, 4.69) is 9.97 Å². The van der Waals surface area contributed by atoms with E-state index in [1.165, 1.54) is 44.3 Å². The van der Waals surface area contributed by atoms with E-state index in [-0.39, 0.29) is 0 Å². The molecular formula is C13H18N2. The first kappa shape index (κ1) is 8.37. The first-order valence-corrected chi connectivity index (χ1v) is 6.34. The molecule has 0 amide bonds. The maximum absolute atomic E-state index is 4.55. The van der Waals surface area contributed by atoms with Crippen LogP contribution in [0.1, 0.15) is 44.3 Å². The van der Waals surface area contributed by atoms with Gasteiger partial charge in [-0.1, -0.05) is 0 Å². The highest BCUT2D eigenvalue weighted by molar-refractivity contribution is 5.17. The number of aromatic amines is 1. The molecule has 80 valence electrons. The van der Waals surface area contributed by atoms with E-state index in [1.807, 2.05) is 12.4 Å². The van der Waals surface area contributed by atoms with Gasteiger partial charge in [0.1, 0.15) is 5.82 Å². The normalized spacial score (nSPS) is 47.3. The summed E-state index contributed by atoms with van der Waals surface area (Å²) in [6.07, 6.45) is 12.7. The Morgan fingerprint density at radius 1 is 1.07 bits per heavy atom. The number of hydrogen-bond donors (Lipinski definition) is 1. The maximum atomic E-state index is 4.55. The van der Waals surface area contributed by atoms with E-state index in [9.17, 15) is 0 Å². The van der Waals surface area contributed by atoms with Gasteiger partial charge in [-0.2, -0.15) is 0 Å². The number of H-pyrrole nitrogens is 1. The van der Waals surface area contributed by atoms with Crippen molar-refractivity contribution in [1.29, 1.82) is 0 Å². The lowest BCUT2D eigenvalue weighted by atomic mass is 9.49. The second-order valence-corrected chi connectivity index (χ2v) is 6.14. The molecule has 4 aliphatic carbocycles. The molecule has 1 heterocycles. The number of rotatable bonds is 1. The van der Waals surface area contributed by atoms with Crippen molar-refractivity contribution < 1.29 is 0 Å². The van der Waals surface area contributed by atoms with Gasteiger partial charge in [0.2, 0.25) is 0 Å². The van der Waals surface area contributed by atoms with Crippen LogP contribution in [0, 0.1) is 17.8 Å². The molecule has 0 saturated heterocycles. The Balaban J connectivity index is 1.77. The molecule has 0 spiro atoms. The number of imidazole rings is 1. The van der Waals surface area contributed by atoms with Gasteiger partial charge in [0, 0.05) is 17.8 Å². The standard InChI is InChI=1S/C13H18N2/c1-2-15-12(14-1)13-6-9-3-10(7-13)5-11(4-9)8-13/h1-2,9-11H,3-8H2,(H,14,15). The summed E-state index contributed by atoms with van der Waals surface area (Å²) < 4.78 is 0. The minimum atomic E-state index is 0.457. The molecule has 0 unspecified atom stereocenters. The molecule has 2 heteroatoms. The number of nitrogens with one attached hydrogen (secondary N) is 1. The molecule has 0 atom stereocenters. The third-order valence-electron chi connectivity index (χ3n) is 5.04. The monoisotopic (exact) mass is 202 g/mol. The van der Waals surface area contributed by atoms with Gasteiger partial charge in [-0.05, 0) is 56.3 Å². The van der Waals surface area contributed by atoms with Crippen LogP contribution < -0.4 is 0 Å². The minimum absolute atomic E-state index is 0.457.